The van der Waals surface area contributed by atoms with Crippen LogP contribution in [-0.2, 0) is 22.6 Å². The standard InChI is InChI=1S/C19H24N2O2/c1-15-3-2-4-19(21-15)20-13-16-5-7-17(8-6-16)14-23-18-9-11-22-12-10-18/h2-8,18H,9-14H2,1H3,(H,20,21). The van der Waals surface area contributed by atoms with Gasteiger partial charge in [-0.2, -0.15) is 0 Å². The van der Waals surface area contributed by atoms with Crippen LogP contribution in [0.1, 0.15) is 29.7 Å². The lowest BCUT2D eigenvalue weighted by Gasteiger charge is -2.22. The van der Waals surface area contributed by atoms with Crippen molar-refractivity contribution in [2.45, 2.75) is 39.0 Å². The Hall–Kier alpha value is -1.91. The number of nitrogens with one attached hydrogen (secondary N) is 1. The summed E-state index contributed by atoms with van der Waals surface area (Å²) in [5, 5.41) is 3.35. The summed E-state index contributed by atoms with van der Waals surface area (Å²) in [4.78, 5) is 4.45. The molecule has 0 spiro atoms. The van der Waals surface area contributed by atoms with E-state index in [1.165, 1.54) is 11.1 Å². The fraction of sp³-hybridized carbons (Fsp3) is 0.421. The number of anilines is 1. The highest BCUT2D eigenvalue weighted by atomic mass is 16.5. The monoisotopic (exact) mass is 312 g/mol. The lowest BCUT2D eigenvalue weighted by Crippen LogP contribution is -2.23. The Labute approximate surface area is 137 Å². The van der Waals surface area contributed by atoms with Crippen LogP contribution in [0.15, 0.2) is 42.5 Å². The molecule has 0 radical (unpaired) electrons. The molecule has 4 heteroatoms. The highest BCUT2D eigenvalue weighted by molar-refractivity contribution is 5.36. The van der Waals surface area contributed by atoms with Gasteiger partial charge in [0.2, 0.25) is 0 Å². The smallest absolute Gasteiger partial charge is 0.126 e. The molecule has 1 N–H and O–H groups in total. The summed E-state index contributed by atoms with van der Waals surface area (Å²) in [6.07, 6.45) is 2.36. The number of nitrogens with zero attached hydrogens (tertiary/aromatic N) is 1. The largest absolute Gasteiger partial charge is 0.381 e. The highest BCUT2D eigenvalue weighted by Crippen LogP contribution is 2.14. The van der Waals surface area contributed by atoms with Crippen LogP contribution in [0.3, 0.4) is 0 Å². The van der Waals surface area contributed by atoms with Crippen LogP contribution in [0.5, 0.6) is 0 Å². The second kappa shape index (κ2) is 8.09. The van der Waals surface area contributed by atoms with Gasteiger partial charge in [0.15, 0.2) is 0 Å². The lowest BCUT2D eigenvalue weighted by atomic mass is 10.1. The van der Waals surface area contributed by atoms with Crippen LogP contribution < -0.4 is 5.32 Å². The first-order chi connectivity index (χ1) is 11.3. The lowest BCUT2D eigenvalue weighted by molar-refractivity contribution is -0.0390. The molecule has 0 amide bonds. The quantitative estimate of drug-likeness (QED) is 0.883. The second-order valence-corrected chi connectivity index (χ2v) is 5.96. The molecule has 1 saturated heterocycles. The first-order valence-corrected chi connectivity index (χ1v) is 8.24. The highest BCUT2D eigenvalue weighted by Gasteiger charge is 2.13. The van der Waals surface area contributed by atoms with Crippen LogP contribution in [-0.4, -0.2) is 24.3 Å². The number of pyridine rings is 1. The van der Waals surface area contributed by atoms with E-state index in [2.05, 4.69) is 34.6 Å². The Morgan fingerprint density at radius 1 is 1.09 bits per heavy atom. The van der Waals surface area contributed by atoms with Crippen molar-refractivity contribution in [3.8, 4) is 0 Å². The molecule has 1 fully saturated rings. The van der Waals surface area contributed by atoms with Gasteiger partial charge in [-0.25, -0.2) is 4.98 Å². The molecule has 0 atom stereocenters. The zero-order chi connectivity index (χ0) is 15.9. The topological polar surface area (TPSA) is 43.4 Å². The van der Waals surface area contributed by atoms with Crippen LogP contribution in [0.4, 0.5) is 5.82 Å². The molecule has 0 bridgehead atoms. The number of hydrogen-bond acceptors (Lipinski definition) is 4. The predicted octanol–water partition coefficient (Wildman–Crippen LogP) is 3.70. The van der Waals surface area contributed by atoms with Gasteiger partial charge >= 0.3 is 0 Å². The number of ether oxygens (including phenoxy) is 2. The molecule has 3 rings (SSSR count). The van der Waals surface area contributed by atoms with Gasteiger partial charge in [0, 0.05) is 25.5 Å². The number of aryl methyl sites for hydroxylation is 1. The zero-order valence-corrected chi connectivity index (χ0v) is 13.6. The van der Waals surface area contributed by atoms with E-state index in [1.54, 1.807) is 0 Å². The Morgan fingerprint density at radius 3 is 2.57 bits per heavy atom. The molecule has 0 saturated carbocycles. The molecule has 1 aliphatic rings. The van der Waals surface area contributed by atoms with E-state index in [9.17, 15) is 0 Å². The maximum absolute atomic E-state index is 5.95. The van der Waals surface area contributed by atoms with Crippen LogP contribution in [0, 0.1) is 6.92 Å². The minimum atomic E-state index is 0.345. The molecule has 1 aromatic heterocycles. The third-order valence-electron chi connectivity index (χ3n) is 4.04. The number of aromatic nitrogens is 1. The Balaban J connectivity index is 1.46. The zero-order valence-electron chi connectivity index (χ0n) is 13.6. The second-order valence-electron chi connectivity index (χ2n) is 5.96. The van der Waals surface area contributed by atoms with Crippen molar-refractivity contribution in [2.75, 3.05) is 18.5 Å². The summed E-state index contributed by atoms with van der Waals surface area (Å²) in [6, 6.07) is 14.6. The molecule has 23 heavy (non-hydrogen) atoms. The number of rotatable bonds is 6. The minimum Gasteiger partial charge on any atom is -0.381 e. The first kappa shape index (κ1) is 16.0. The van der Waals surface area contributed by atoms with E-state index < -0.39 is 0 Å². The molecule has 4 nitrogen and oxygen atoms in total. The van der Waals surface area contributed by atoms with Crippen molar-refractivity contribution in [2.24, 2.45) is 0 Å². The van der Waals surface area contributed by atoms with Gasteiger partial charge in [-0.15, -0.1) is 0 Å². The van der Waals surface area contributed by atoms with Gasteiger partial charge in [0.1, 0.15) is 5.82 Å². The number of benzene rings is 1. The Kier molecular flexibility index (Phi) is 5.61. The molecule has 1 aromatic carbocycles. The first-order valence-electron chi connectivity index (χ1n) is 8.24. The summed E-state index contributed by atoms with van der Waals surface area (Å²) in [5.74, 6) is 0.914. The number of hydrogen-bond donors (Lipinski definition) is 1. The average molecular weight is 312 g/mol. The van der Waals surface area contributed by atoms with Gasteiger partial charge in [-0.05, 0) is 43.0 Å². The van der Waals surface area contributed by atoms with Crippen molar-refractivity contribution in [1.29, 1.82) is 0 Å². The van der Waals surface area contributed by atoms with Gasteiger partial charge in [0.25, 0.3) is 0 Å². The van der Waals surface area contributed by atoms with Crippen molar-refractivity contribution in [3.05, 3.63) is 59.3 Å². The molecule has 1 aliphatic heterocycles. The minimum absolute atomic E-state index is 0.345. The van der Waals surface area contributed by atoms with Crippen LogP contribution >= 0.6 is 0 Å². The van der Waals surface area contributed by atoms with Crippen molar-refractivity contribution >= 4 is 5.82 Å². The summed E-state index contributed by atoms with van der Waals surface area (Å²) < 4.78 is 11.3. The summed E-state index contributed by atoms with van der Waals surface area (Å²) >= 11 is 0. The van der Waals surface area contributed by atoms with Crippen LogP contribution in [0.25, 0.3) is 0 Å². The molecule has 2 aromatic rings. The molecular weight excluding hydrogens is 288 g/mol. The summed E-state index contributed by atoms with van der Waals surface area (Å²) in [6.45, 7) is 5.10. The van der Waals surface area contributed by atoms with Crippen molar-refractivity contribution < 1.29 is 9.47 Å². The molecule has 0 unspecified atom stereocenters. The summed E-state index contributed by atoms with van der Waals surface area (Å²) in [7, 11) is 0. The third-order valence-corrected chi connectivity index (χ3v) is 4.04. The molecule has 122 valence electrons. The molecule has 2 heterocycles. The predicted molar refractivity (Wildman–Crippen MR) is 91.4 cm³/mol. The van der Waals surface area contributed by atoms with E-state index in [0.29, 0.717) is 12.7 Å². The third kappa shape index (κ3) is 5.05. The molecular formula is C19H24N2O2. The SMILES string of the molecule is Cc1cccc(NCc2ccc(COC3CCOCC3)cc2)n1. The van der Waals surface area contributed by atoms with E-state index in [-0.39, 0.29) is 0 Å². The normalized spacial score (nSPS) is 15.5. The Bertz CT molecular complexity index is 607. The van der Waals surface area contributed by atoms with Crippen LogP contribution in [0.2, 0.25) is 0 Å². The van der Waals surface area contributed by atoms with Crippen molar-refractivity contribution in [1.82, 2.24) is 4.98 Å². The fourth-order valence-corrected chi connectivity index (χ4v) is 2.64. The molecule has 0 aliphatic carbocycles. The van der Waals surface area contributed by atoms with Gasteiger partial charge in [-0.1, -0.05) is 30.3 Å². The van der Waals surface area contributed by atoms with E-state index in [0.717, 1.165) is 44.1 Å². The van der Waals surface area contributed by atoms with E-state index in [1.807, 2.05) is 25.1 Å². The average Bonchev–Trinajstić information content (AvgIpc) is 2.60. The van der Waals surface area contributed by atoms with Gasteiger partial charge in [-0.3, -0.25) is 0 Å². The van der Waals surface area contributed by atoms with Gasteiger partial charge < -0.3 is 14.8 Å². The van der Waals surface area contributed by atoms with E-state index in [4.69, 9.17) is 9.47 Å². The maximum atomic E-state index is 5.95. The van der Waals surface area contributed by atoms with E-state index >= 15 is 0 Å². The maximum Gasteiger partial charge on any atom is 0.126 e. The van der Waals surface area contributed by atoms with Gasteiger partial charge in [0.05, 0.1) is 12.7 Å². The Morgan fingerprint density at radius 2 is 1.83 bits per heavy atom. The fourth-order valence-electron chi connectivity index (χ4n) is 2.64. The van der Waals surface area contributed by atoms with Crippen molar-refractivity contribution in [3.63, 3.8) is 0 Å². The summed E-state index contributed by atoms with van der Waals surface area (Å²) in [5.41, 5.74) is 3.48.